The lowest BCUT2D eigenvalue weighted by molar-refractivity contribution is 1.19. The maximum absolute atomic E-state index is 11.4. The minimum atomic E-state index is -0.359. The van der Waals surface area contributed by atoms with Crippen molar-refractivity contribution in [3.63, 3.8) is 0 Å². The number of nitrogens with one attached hydrogen (secondary N) is 1. The maximum Gasteiger partial charge on any atom is 0.266 e. The molecule has 3 nitrogen and oxygen atoms in total. The van der Waals surface area contributed by atoms with E-state index in [1.165, 1.54) is 6.07 Å². The zero-order chi connectivity index (χ0) is 12.1. The third-order valence-electron chi connectivity index (χ3n) is 2.31. The summed E-state index contributed by atoms with van der Waals surface area (Å²) in [6, 6.07) is 14.8. The van der Waals surface area contributed by atoms with Gasteiger partial charge >= 0.3 is 0 Å². The molecule has 0 atom stereocenters. The first-order chi connectivity index (χ1) is 8.29. The fourth-order valence-corrected chi connectivity index (χ4v) is 1.42. The average molecular weight is 222 g/mol. The Morgan fingerprint density at radius 3 is 2.47 bits per heavy atom. The predicted octanol–water partition coefficient (Wildman–Crippen LogP) is 2.42. The van der Waals surface area contributed by atoms with Gasteiger partial charge in [0.2, 0.25) is 0 Å². The summed E-state index contributed by atoms with van der Waals surface area (Å²) in [5.41, 5.74) is 1.50. The number of nitrogens with zero attached hydrogens (tertiary/aromatic N) is 1. The fraction of sp³-hybridized carbons (Fsp3) is 0. The monoisotopic (exact) mass is 222 g/mol. The van der Waals surface area contributed by atoms with Gasteiger partial charge in [0.1, 0.15) is 11.6 Å². The van der Waals surface area contributed by atoms with Gasteiger partial charge in [0, 0.05) is 5.69 Å². The Labute approximate surface area is 98.7 Å². The van der Waals surface area contributed by atoms with E-state index in [0.717, 1.165) is 5.56 Å². The Balaban J connectivity index is 2.26. The first-order valence-electron chi connectivity index (χ1n) is 5.16. The van der Waals surface area contributed by atoms with Crippen LogP contribution in [0.1, 0.15) is 16.8 Å². The highest BCUT2D eigenvalue weighted by atomic mass is 16.1. The van der Waals surface area contributed by atoms with E-state index in [0.29, 0.717) is 5.69 Å². The molecule has 3 heteroatoms. The number of aromatic amines is 1. The van der Waals surface area contributed by atoms with Crippen LogP contribution in [-0.2, 0) is 0 Å². The summed E-state index contributed by atoms with van der Waals surface area (Å²) in [6.07, 6.45) is 3.70. The van der Waals surface area contributed by atoms with E-state index in [-0.39, 0.29) is 11.1 Å². The van der Waals surface area contributed by atoms with Crippen LogP contribution < -0.4 is 5.56 Å². The molecule has 0 saturated heterocycles. The van der Waals surface area contributed by atoms with E-state index in [9.17, 15) is 4.79 Å². The lowest BCUT2D eigenvalue weighted by Gasteiger charge is -1.94. The van der Waals surface area contributed by atoms with E-state index < -0.39 is 0 Å². The molecule has 0 aliphatic rings. The molecule has 17 heavy (non-hydrogen) atoms. The zero-order valence-corrected chi connectivity index (χ0v) is 9.05. The molecule has 0 spiro atoms. The van der Waals surface area contributed by atoms with E-state index in [1.54, 1.807) is 12.1 Å². The number of aromatic nitrogens is 1. The van der Waals surface area contributed by atoms with Crippen molar-refractivity contribution in [3.05, 3.63) is 69.6 Å². The number of nitriles is 1. The van der Waals surface area contributed by atoms with Gasteiger partial charge in [-0.3, -0.25) is 4.79 Å². The standard InChI is InChI=1S/C14H10N2O/c15-10-12-7-9-13(16-14(12)17)8-6-11-4-2-1-3-5-11/h1-9H,(H,16,17). The quantitative estimate of drug-likeness (QED) is 0.848. The Morgan fingerprint density at radius 1 is 1.06 bits per heavy atom. The third kappa shape index (κ3) is 2.70. The van der Waals surface area contributed by atoms with Crippen molar-refractivity contribution in [2.75, 3.05) is 0 Å². The topological polar surface area (TPSA) is 56.6 Å². The van der Waals surface area contributed by atoms with Crippen LogP contribution in [0.2, 0.25) is 0 Å². The normalized spacial score (nSPS) is 10.3. The molecule has 1 aromatic carbocycles. The molecule has 1 heterocycles. The van der Waals surface area contributed by atoms with Crippen molar-refractivity contribution < 1.29 is 0 Å². The summed E-state index contributed by atoms with van der Waals surface area (Å²) in [5.74, 6) is 0. The lowest BCUT2D eigenvalue weighted by Crippen LogP contribution is -2.10. The fourth-order valence-electron chi connectivity index (χ4n) is 1.42. The average Bonchev–Trinajstić information content (AvgIpc) is 2.38. The van der Waals surface area contributed by atoms with Crippen LogP contribution in [0.5, 0.6) is 0 Å². The van der Waals surface area contributed by atoms with Crippen molar-refractivity contribution >= 4 is 12.2 Å². The number of hydrogen-bond acceptors (Lipinski definition) is 2. The number of benzene rings is 1. The second kappa shape index (κ2) is 4.95. The van der Waals surface area contributed by atoms with Crippen LogP contribution in [-0.4, -0.2) is 4.98 Å². The number of pyridine rings is 1. The Bertz CT molecular complexity index is 633. The molecule has 0 aliphatic heterocycles. The third-order valence-corrected chi connectivity index (χ3v) is 2.31. The van der Waals surface area contributed by atoms with Crippen LogP contribution in [0.3, 0.4) is 0 Å². The van der Waals surface area contributed by atoms with Crippen LogP contribution in [0, 0.1) is 11.3 Å². The van der Waals surface area contributed by atoms with Gasteiger partial charge in [-0.05, 0) is 23.8 Å². The van der Waals surface area contributed by atoms with Gasteiger partial charge in [-0.2, -0.15) is 5.26 Å². The highest BCUT2D eigenvalue weighted by molar-refractivity contribution is 5.67. The summed E-state index contributed by atoms with van der Waals surface area (Å²) < 4.78 is 0. The van der Waals surface area contributed by atoms with Crippen molar-refractivity contribution in [2.45, 2.75) is 0 Å². The van der Waals surface area contributed by atoms with E-state index in [2.05, 4.69) is 4.98 Å². The van der Waals surface area contributed by atoms with Crippen molar-refractivity contribution in [2.24, 2.45) is 0 Å². The first kappa shape index (κ1) is 10.9. The van der Waals surface area contributed by atoms with Gasteiger partial charge in [0.25, 0.3) is 5.56 Å². The van der Waals surface area contributed by atoms with E-state index in [4.69, 9.17) is 5.26 Å². The molecule has 0 amide bonds. The predicted molar refractivity (Wildman–Crippen MR) is 67.1 cm³/mol. The molecule has 0 fully saturated rings. The van der Waals surface area contributed by atoms with Crippen LogP contribution in [0.15, 0.2) is 47.3 Å². The SMILES string of the molecule is N#Cc1ccc(C=Cc2ccccc2)[nH]c1=O. The summed E-state index contributed by atoms with van der Waals surface area (Å²) in [7, 11) is 0. The van der Waals surface area contributed by atoms with Crippen LogP contribution in [0.4, 0.5) is 0 Å². The van der Waals surface area contributed by atoms with E-state index in [1.807, 2.05) is 42.5 Å². The van der Waals surface area contributed by atoms with Gasteiger partial charge in [-0.25, -0.2) is 0 Å². The summed E-state index contributed by atoms with van der Waals surface area (Å²) in [6.45, 7) is 0. The van der Waals surface area contributed by atoms with Crippen molar-refractivity contribution in [1.82, 2.24) is 4.98 Å². The van der Waals surface area contributed by atoms with Crippen molar-refractivity contribution in [1.29, 1.82) is 5.26 Å². The number of hydrogen-bond donors (Lipinski definition) is 1. The molecule has 0 saturated carbocycles. The molecule has 1 aromatic heterocycles. The molecule has 1 N–H and O–H groups in total. The summed E-state index contributed by atoms with van der Waals surface area (Å²) in [4.78, 5) is 14.0. The van der Waals surface area contributed by atoms with Gasteiger partial charge in [0.05, 0.1) is 0 Å². The van der Waals surface area contributed by atoms with Gasteiger partial charge in [-0.1, -0.05) is 36.4 Å². The molecular formula is C14H10N2O. The Morgan fingerprint density at radius 2 is 1.82 bits per heavy atom. The maximum atomic E-state index is 11.4. The minimum Gasteiger partial charge on any atom is -0.321 e. The second-order valence-electron chi connectivity index (χ2n) is 3.51. The van der Waals surface area contributed by atoms with Gasteiger partial charge < -0.3 is 4.98 Å². The molecule has 2 rings (SSSR count). The summed E-state index contributed by atoms with van der Waals surface area (Å²) in [5, 5.41) is 8.63. The van der Waals surface area contributed by atoms with Gasteiger partial charge in [-0.15, -0.1) is 0 Å². The molecule has 0 unspecified atom stereocenters. The zero-order valence-electron chi connectivity index (χ0n) is 9.05. The smallest absolute Gasteiger partial charge is 0.266 e. The number of H-pyrrole nitrogens is 1. The largest absolute Gasteiger partial charge is 0.321 e. The van der Waals surface area contributed by atoms with E-state index >= 15 is 0 Å². The molecule has 82 valence electrons. The number of rotatable bonds is 2. The van der Waals surface area contributed by atoms with Crippen LogP contribution in [0.25, 0.3) is 12.2 Å². The molecular weight excluding hydrogens is 212 g/mol. The Hall–Kier alpha value is -2.60. The summed E-state index contributed by atoms with van der Waals surface area (Å²) >= 11 is 0. The van der Waals surface area contributed by atoms with Crippen LogP contribution >= 0.6 is 0 Å². The Kier molecular flexibility index (Phi) is 3.18. The molecule has 2 aromatic rings. The highest BCUT2D eigenvalue weighted by Crippen LogP contribution is 2.05. The minimum absolute atomic E-state index is 0.127. The molecule has 0 radical (unpaired) electrons. The second-order valence-corrected chi connectivity index (χ2v) is 3.51. The van der Waals surface area contributed by atoms with Gasteiger partial charge in [0.15, 0.2) is 0 Å². The molecule has 0 aliphatic carbocycles. The highest BCUT2D eigenvalue weighted by Gasteiger charge is 1.96. The first-order valence-corrected chi connectivity index (χ1v) is 5.16. The van der Waals surface area contributed by atoms with Crippen molar-refractivity contribution in [3.8, 4) is 6.07 Å². The lowest BCUT2D eigenvalue weighted by atomic mass is 10.2. The molecule has 0 bridgehead atoms.